The Morgan fingerprint density at radius 2 is 1.89 bits per heavy atom. The summed E-state index contributed by atoms with van der Waals surface area (Å²) >= 11 is 6.32. The highest BCUT2D eigenvalue weighted by Gasteiger charge is 2.18. The smallest absolute Gasteiger partial charge is 0.277 e. The molecule has 0 aliphatic carbocycles. The van der Waals surface area contributed by atoms with Crippen molar-refractivity contribution in [2.45, 2.75) is 26.6 Å². The molecule has 4 aromatic rings. The summed E-state index contributed by atoms with van der Waals surface area (Å²) in [5.74, 6) is -1.66. The third-order valence-electron chi connectivity index (χ3n) is 5.41. The van der Waals surface area contributed by atoms with Crippen molar-refractivity contribution >= 4 is 11.6 Å². The predicted octanol–water partition coefficient (Wildman–Crippen LogP) is 3.84. The van der Waals surface area contributed by atoms with Crippen molar-refractivity contribution in [1.82, 2.24) is 19.5 Å². The van der Waals surface area contributed by atoms with E-state index in [9.17, 15) is 23.8 Å². The minimum absolute atomic E-state index is 0.0280. The fraction of sp³-hybridized carbons (Fsp3) is 0.200. The zero-order valence-electron chi connectivity index (χ0n) is 19.2. The largest absolute Gasteiger partial charge is 0.485 e. The zero-order valence-corrected chi connectivity index (χ0v) is 20.0. The van der Waals surface area contributed by atoms with Gasteiger partial charge in [-0.25, -0.2) is 13.8 Å². The number of hydrogen-bond donors (Lipinski definition) is 2. The molecule has 0 aliphatic rings. The minimum Gasteiger partial charge on any atom is -0.485 e. The normalized spacial score (nSPS) is 12.0. The molecule has 0 spiro atoms. The number of nitrogens with zero attached hydrogens (tertiary/aromatic N) is 4. The van der Waals surface area contributed by atoms with Crippen LogP contribution < -0.4 is 10.3 Å². The topological polar surface area (TPSA) is 110 Å². The highest BCUT2D eigenvalue weighted by Crippen LogP contribution is 2.27. The second-order valence-electron chi connectivity index (χ2n) is 7.98. The van der Waals surface area contributed by atoms with Gasteiger partial charge in [-0.15, -0.1) is 0 Å². The Hall–Kier alpha value is -3.73. The molecule has 186 valence electrons. The van der Waals surface area contributed by atoms with Gasteiger partial charge in [-0.3, -0.25) is 19.3 Å². The summed E-state index contributed by atoms with van der Waals surface area (Å²) in [5, 5.41) is 18.9. The van der Waals surface area contributed by atoms with Crippen LogP contribution in [0.25, 0.3) is 17.1 Å². The molecule has 11 heteroatoms. The summed E-state index contributed by atoms with van der Waals surface area (Å²) in [5.41, 5.74) is 2.10. The first-order valence-corrected chi connectivity index (χ1v) is 11.2. The number of aromatic nitrogens is 4. The number of halogens is 3. The molecule has 0 aromatic carbocycles. The number of pyridine rings is 4. The molecule has 4 rings (SSSR count). The van der Waals surface area contributed by atoms with Gasteiger partial charge in [0.1, 0.15) is 35.0 Å². The molecule has 0 aliphatic heterocycles. The van der Waals surface area contributed by atoms with Gasteiger partial charge >= 0.3 is 0 Å². The van der Waals surface area contributed by atoms with E-state index in [1.54, 1.807) is 44.3 Å². The number of ether oxygens (including phenoxy) is 1. The van der Waals surface area contributed by atoms with Gasteiger partial charge < -0.3 is 14.9 Å². The van der Waals surface area contributed by atoms with Crippen LogP contribution in [0, 0.1) is 25.5 Å². The van der Waals surface area contributed by atoms with Gasteiger partial charge in [0, 0.05) is 24.0 Å². The molecule has 0 saturated carbocycles. The van der Waals surface area contributed by atoms with Crippen molar-refractivity contribution in [2.75, 3.05) is 6.61 Å². The van der Waals surface area contributed by atoms with E-state index in [1.165, 1.54) is 10.6 Å². The molecule has 0 amide bonds. The lowest BCUT2D eigenvalue weighted by Gasteiger charge is -2.17. The number of rotatable bonds is 7. The maximum atomic E-state index is 13.9. The highest BCUT2D eigenvalue weighted by molar-refractivity contribution is 6.31. The first-order valence-electron chi connectivity index (χ1n) is 10.8. The average Bonchev–Trinajstić information content (AvgIpc) is 2.87. The molecule has 0 unspecified atom stereocenters. The molecule has 1 atom stereocenters. The molecular weight excluding hydrogens is 494 g/mol. The van der Waals surface area contributed by atoms with Crippen molar-refractivity contribution in [3.8, 4) is 22.8 Å². The van der Waals surface area contributed by atoms with Crippen LogP contribution in [0.5, 0.6) is 5.75 Å². The number of aliphatic hydroxyl groups is 2. The average molecular weight is 515 g/mol. The van der Waals surface area contributed by atoms with Crippen LogP contribution in [0.3, 0.4) is 0 Å². The van der Waals surface area contributed by atoms with Crippen molar-refractivity contribution in [1.29, 1.82) is 0 Å². The fourth-order valence-electron chi connectivity index (χ4n) is 3.55. The van der Waals surface area contributed by atoms with E-state index >= 15 is 0 Å². The predicted molar refractivity (Wildman–Crippen MR) is 128 cm³/mol. The summed E-state index contributed by atoms with van der Waals surface area (Å²) in [7, 11) is 0. The third kappa shape index (κ3) is 5.11. The Kier molecular flexibility index (Phi) is 7.39. The number of hydrogen-bond acceptors (Lipinski definition) is 7. The van der Waals surface area contributed by atoms with E-state index in [-0.39, 0.29) is 28.8 Å². The maximum absolute atomic E-state index is 13.9. The van der Waals surface area contributed by atoms with Gasteiger partial charge in [-0.2, -0.15) is 0 Å². The molecule has 4 heterocycles. The first-order chi connectivity index (χ1) is 17.2. The Morgan fingerprint density at radius 3 is 2.61 bits per heavy atom. The quantitative estimate of drug-likeness (QED) is 0.385. The zero-order chi connectivity index (χ0) is 26.0. The minimum atomic E-state index is -1.13. The van der Waals surface area contributed by atoms with Gasteiger partial charge in [0.15, 0.2) is 5.82 Å². The number of aryl methyl sites for hydroxylation is 2. The third-order valence-corrected chi connectivity index (χ3v) is 5.76. The lowest BCUT2D eigenvalue weighted by molar-refractivity contribution is 0.0923. The van der Waals surface area contributed by atoms with Gasteiger partial charge in [0.25, 0.3) is 5.56 Å². The lowest BCUT2D eigenvalue weighted by Crippen LogP contribution is -2.23. The van der Waals surface area contributed by atoms with Crippen LogP contribution in [0.1, 0.15) is 28.7 Å². The Bertz CT molecular complexity index is 1500. The highest BCUT2D eigenvalue weighted by atomic mass is 35.5. The van der Waals surface area contributed by atoms with Crippen LogP contribution in [0.15, 0.2) is 53.6 Å². The molecule has 2 N–H and O–H groups in total. The van der Waals surface area contributed by atoms with E-state index in [4.69, 9.17) is 16.3 Å². The van der Waals surface area contributed by atoms with Crippen molar-refractivity contribution in [3.63, 3.8) is 0 Å². The summed E-state index contributed by atoms with van der Waals surface area (Å²) in [6.45, 7) is 2.62. The van der Waals surface area contributed by atoms with Gasteiger partial charge in [-0.1, -0.05) is 17.7 Å². The van der Waals surface area contributed by atoms with Crippen LogP contribution in [0.4, 0.5) is 8.78 Å². The van der Waals surface area contributed by atoms with Gasteiger partial charge in [0.2, 0.25) is 0 Å². The molecule has 36 heavy (non-hydrogen) atoms. The molecule has 8 nitrogen and oxygen atoms in total. The Labute approximate surface area is 209 Å². The molecule has 0 radical (unpaired) electrons. The summed E-state index contributed by atoms with van der Waals surface area (Å²) in [4.78, 5) is 25.6. The fourth-order valence-corrected chi connectivity index (χ4v) is 3.74. The summed E-state index contributed by atoms with van der Waals surface area (Å²) in [6.07, 6.45) is 1.31. The molecule has 0 fully saturated rings. The molecule has 0 bridgehead atoms. The van der Waals surface area contributed by atoms with E-state index < -0.39 is 29.9 Å². The van der Waals surface area contributed by atoms with E-state index in [2.05, 4.69) is 15.0 Å². The second kappa shape index (κ2) is 10.5. The Morgan fingerprint density at radius 1 is 1.11 bits per heavy atom. The SMILES string of the molecule is Cc1cnc(-c2cccc([C@H](O)CO)n2)cc1-n1c(C)cc(OCc2ncc(F)cc2F)c(Cl)c1=O. The van der Waals surface area contributed by atoms with Crippen LogP contribution in [0.2, 0.25) is 5.02 Å². The van der Waals surface area contributed by atoms with E-state index in [0.717, 1.165) is 6.20 Å². The van der Waals surface area contributed by atoms with Gasteiger partial charge in [-0.05, 0) is 37.6 Å². The van der Waals surface area contributed by atoms with Crippen molar-refractivity contribution < 1.29 is 23.7 Å². The van der Waals surface area contributed by atoms with Crippen LogP contribution >= 0.6 is 11.6 Å². The number of aliphatic hydroxyl groups excluding tert-OH is 2. The van der Waals surface area contributed by atoms with Crippen LogP contribution in [-0.4, -0.2) is 36.3 Å². The lowest BCUT2D eigenvalue weighted by atomic mass is 10.1. The monoisotopic (exact) mass is 514 g/mol. The molecule has 4 aromatic heterocycles. The second-order valence-corrected chi connectivity index (χ2v) is 8.36. The maximum Gasteiger partial charge on any atom is 0.277 e. The Balaban J connectivity index is 1.71. The summed E-state index contributed by atoms with van der Waals surface area (Å²) in [6, 6.07) is 8.83. The van der Waals surface area contributed by atoms with E-state index in [0.29, 0.717) is 34.4 Å². The van der Waals surface area contributed by atoms with Gasteiger partial charge in [0.05, 0.1) is 35.6 Å². The first kappa shape index (κ1) is 25.4. The van der Waals surface area contributed by atoms with E-state index in [1.807, 2.05) is 0 Å². The van der Waals surface area contributed by atoms with Crippen molar-refractivity contribution in [3.05, 3.63) is 98.4 Å². The van der Waals surface area contributed by atoms with Crippen molar-refractivity contribution in [2.24, 2.45) is 0 Å². The summed E-state index contributed by atoms with van der Waals surface area (Å²) < 4.78 is 33.9. The molecular formula is C25H21ClF2N4O4. The van der Waals surface area contributed by atoms with Crippen LogP contribution in [-0.2, 0) is 6.61 Å². The standard InChI is InChI=1S/C25H21ClF2N4O4/c1-13-9-29-19(17-4-3-5-18(31-17)22(34)11-33)8-21(13)32-14(2)6-23(24(26)25(32)35)36-12-20-16(28)7-15(27)10-30-20/h3-10,22,33-34H,11-12H2,1-2H3/t22-/m1/s1. The molecule has 0 saturated heterocycles.